The maximum Gasteiger partial charge on any atom is 0.250 e. The first-order valence-corrected chi connectivity index (χ1v) is 3.22. The molecule has 1 aromatic heterocycles. The van der Waals surface area contributed by atoms with Crippen LogP contribution in [0.3, 0.4) is 0 Å². The Labute approximate surface area is 72.9 Å². The number of nitrogens with one attached hydrogen (secondary N) is 5. The Morgan fingerprint density at radius 2 is 1.85 bits per heavy atom. The second-order valence-corrected chi connectivity index (χ2v) is 2.08. The van der Waals surface area contributed by atoms with Crippen LogP contribution in [0.5, 0.6) is 0 Å². The lowest BCUT2D eigenvalue weighted by molar-refractivity contribution is 1.10. The lowest BCUT2D eigenvalue weighted by Gasteiger charge is -1.95. The summed E-state index contributed by atoms with van der Waals surface area (Å²) in [4.78, 5) is 3.76. The first-order valence-electron chi connectivity index (χ1n) is 3.22. The van der Waals surface area contributed by atoms with E-state index in [1.165, 1.54) is 0 Å². The van der Waals surface area contributed by atoms with Crippen molar-refractivity contribution in [2.75, 3.05) is 10.6 Å². The first-order chi connectivity index (χ1) is 6.08. The van der Waals surface area contributed by atoms with Crippen molar-refractivity contribution in [3.8, 4) is 0 Å². The Bertz CT molecular complexity index is 294. The van der Waals surface area contributed by atoms with Crippen LogP contribution in [0.15, 0.2) is 0 Å². The van der Waals surface area contributed by atoms with E-state index in [-0.39, 0.29) is 23.8 Å². The molecule has 0 spiro atoms. The third kappa shape index (κ3) is 2.65. The summed E-state index contributed by atoms with van der Waals surface area (Å²) in [5, 5.41) is 24.5. The Hall–Kier alpha value is -2.32. The molecule has 9 nitrogen and oxygen atoms in total. The Morgan fingerprint density at radius 3 is 2.38 bits per heavy atom. The van der Waals surface area contributed by atoms with E-state index >= 15 is 0 Å². The molecule has 1 aromatic rings. The fourth-order valence-corrected chi connectivity index (χ4v) is 0.622. The van der Waals surface area contributed by atoms with Crippen molar-refractivity contribution >= 4 is 23.8 Å². The van der Waals surface area contributed by atoms with E-state index in [2.05, 4.69) is 25.8 Å². The number of hydrogen-bond donors (Lipinski definition) is 7. The van der Waals surface area contributed by atoms with Crippen LogP contribution in [0, 0.1) is 10.8 Å². The highest BCUT2D eigenvalue weighted by atomic mass is 15.4. The second-order valence-electron chi connectivity index (χ2n) is 2.08. The Kier molecular flexibility index (Phi) is 2.28. The van der Waals surface area contributed by atoms with Gasteiger partial charge in [-0.2, -0.15) is 4.98 Å². The average molecular weight is 183 g/mol. The molecule has 0 atom stereocenters. The molecular weight excluding hydrogens is 174 g/mol. The van der Waals surface area contributed by atoms with E-state index in [0.717, 1.165) is 0 Å². The van der Waals surface area contributed by atoms with Gasteiger partial charge in [-0.15, -0.1) is 5.10 Å². The van der Waals surface area contributed by atoms with Crippen LogP contribution in [0.4, 0.5) is 11.9 Å². The molecule has 70 valence electrons. The third-order valence-electron chi connectivity index (χ3n) is 0.985. The van der Waals surface area contributed by atoms with Crippen molar-refractivity contribution in [2.24, 2.45) is 11.5 Å². The average Bonchev–Trinajstić information content (AvgIpc) is 2.33. The number of nitrogens with two attached hydrogens (primary N) is 2. The van der Waals surface area contributed by atoms with Crippen LogP contribution >= 0.6 is 0 Å². The summed E-state index contributed by atoms with van der Waals surface area (Å²) in [6.45, 7) is 0. The summed E-state index contributed by atoms with van der Waals surface area (Å²) >= 11 is 0. The summed E-state index contributed by atoms with van der Waals surface area (Å²) in [6.07, 6.45) is 0. The van der Waals surface area contributed by atoms with Crippen LogP contribution in [0.1, 0.15) is 0 Å². The molecule has 0 saturated heterocycles. The van der Waals surface area contributed by atoms with Gasteiger partial charge in [0, 0.05) is 0 Å². The quantitative estimate of drug-likeness (QED) is 0.216. The van der Waals surface area contributed by atoms with Gasteiger partial charge >= 0.3 is 0 Å². The van der Waals surface area contributed by atoms with Crippen LogP contribution in [-0.2, 0) is 0 Å². The second kappa shape index (κ2) is 3.38. The van der Waals surface area contributed by atoms with Gasteiger partial charge in [0.1, 0.15) is 0 Å². The van der Waals surface area contributed by atoms with E-state index in [1.807, 2.05) is 0 Å². The fraction of sp³-hybridized carbons (Fsp3) is 0. The molecule has 1 heterocycles. The van der Waals surface area contributed by atoms with Crippen molar-refractivity contribution in [2.45, 2.75) is 0 Å². The molecular formula is C4H9N9. The number of aromatic amines is 1. The predicted octanol–water partition coefficient (Wildman–Crippen LogP) is -1.58. The summed E-state index contributed by atoms with van der Waals surface area (Å²) in [5.41, 5.74) is 10.1. The van der Waals surface area contributed by atoms with Gasteiger partial charge < -0.3 is 11.5 Å². The molecule has 0 fully saturated rings. The fourth-order valence-electron chi connectivity index (χ4n) is 0.622. The lowest BCUT2D eigenvalue weighted by Crippen LogP contribution is -2.22. The minimum Gasteiger partial charge on any atom is -0.370 e. The molecule has 9 N–H and O–H groups in total. The number of guanidine groups is 2. The van der Waals surface area contributed by atoms with Gasteiger partial charge in [0.05, 0.1) is 0 Å². The molecule has 0 amide bonds. The minimum absolute atomic E-state index is 0.135. The summed E-state index contributed by atoms with van der Waals surface area (Å²) < 4.78 is 0. The van der Waals surface area contributed by atoms with Crippen molar-refractivity contribution in [1.29, 1.82) is 10.8 Å². The molecule has 0 aromatic carbocycles. The standard InChI is InChI=1S/C4H9N9/c5-1(6)9-3-11-4(13-12-3)10-2(7)8/h(H9,5,6,7,8,9,10,11,12,13). The highest BCUT2D eigenvalue weighted by Crippen LogP contribution is 2.00. The van der Waals surface area contributed by atoms with Crippen LogP contribution in [-0.4, -0.2) is 27.1 Å². The molecule has 0 radical (unpaired) electrons. The summed E-state index contributed by atoms with van der Waals surface area (Å²) in [7, 11) is 0. The maximum absolute atomic E-state index is 6.87. The SMILES string of the molecule is N=C(N)Nc1n[nH]c(NC(=N)N)n1. The largest absolute Gasteiger partial charge is 0.370 e. The van der Waals surface area contributed by atoms with E-state index in [9.17, 15) is 0 Å². The first kappa shape index (κ1) is 8.77. The number of H-pyrrole nitrogens is 1. The minimum atomic E-state index is -0.270. The molecule has 13 heavy (non-hydrogen) atoms. The van der Waals surface area contributed by atoms with E-state index < -0.39 is 0 Å². The molecule has 9 heteroatoms. The van der Waals surface area contributed by atoms with Crippen molar-refractivity contribution in [1.82, 2.24) is 15.2 Å². The predicted molar refractivity (Wildman–Crippen MR) is 47.5 cm³/mol. The third-order valence-corrected chi connectivity index (χ3v) is 0.985. The molecule has 0 bridgehead atoms. The van der Waals surface area contributed by atoms with Gasteiger partial charge in [0.2, 0.25) is 11.9 Å². The summed E-state index contributed by atoms with van der Waals surface area (Å²) in [6, 6.07) is 0. The Balaban J connectivity index is 2.63. The number of aromatic nitrogens is 3. The van der Waals surface area contributed by atoms with Crippen LogP contribution in [0.2, 0.25) is 0 Å². The highest BCUT2D eigenvalue weighted by Gasteiger charge is 2.02. The molecule has 0 aliphatic carbocycles. The van der Waals surface area contributed by atoms with Crippen LogP contribution < -0.4 is 22.1 Å². The van der Waals surface area contributed by atoms with Gasteiger partial charge in [-0.3, -0.25) is 21.5 Å². The zero-order valence-corrected chi connectivity index (χ0v) is 6.55. The molecule has 0 unspecified atom stereocenters. The van der Waals surface area contributed by atoms with Gasteiger partial charge in [0.25, 0.3) is 0 Å². The molecule has 0 aliphatic heterocycles. The van der Waals surface area contributed by atoms with Gasteiger partial charge in [-0.25, -0.2) is 5.10 Å². The number of rotatable bonds is 2. The van der Waals surface area contributed by atoms with Gasteiger partial charge in [-0.05, 0) is 0 Å². The monoisotopic (exact) mass is 183 g/mol. The number of anilines is 2. The normalized spacial score (nSPS) is 9.23. The van der Waals surface area contributed by atoms with E-state index in [0.29, 0.717) is 0 Å². The van der Waals surface area contributed by atoms with E-state index in [1.54, 1.807) is 0 Å². The van der Waals surface area contributed by atoms with Crippen molar-refractivity contribution in [3.05, 3.63) is 0 Å². The lowest BCUT2D eigenvalue weighted by atomic mass is 10.8. The molecule has 1 rings (SSSR count). The maximum atomic E-state index is 6.87. The molecule has 0 aliphatic rings. The smallest absolute Gasteiger partial charge is 0.250 e. The Morgan fingerprint density at radius 1 is 1.23 bits per heavy atom. The van der Waals surface area contributed by atoms with Crippen molar-refractivity contribution in [3.63, 3.8) is 0 Å². The molecule has 0 saturated carbocycles. The van der Waals surface area contributed by atoms with Gasteiger partial charge in [-0.1, -0.05) is 0 Å². The van der Waals surface area contributed by atoms with E-state index in [4.69, 9.17) is 22.3 Å². The topological polar surface area (TPSA) is 165 Å². The van der Waals surface area contributed by atoms with Crippen molar-refractivity contribution < 1.29 is 0 Å². The zero-order chi connectivity index (χ0) is 9.84. The zero-order valence-electron chi connectivity index (χ0n) is 6.55. The number of hydrogen-bond acceptors (Lipinski definition) is 4. The number of nitrogens with zero attached hydrogens (tertiary/aromatic N) is 2. The van der Waals surface area contributed by atoms with Crippen LogP contribution in [0.25, 0.3) is 0 Å². The highest BCUT2D eigenvalue weighted by molar-refractivity contribution is 5.89. The van der Waals surface area contributed by atoms with Gasteiger partial charge in [0.15, 0.2) is 11.9 Å². The summed E-state index contributed by atoms with van der Waals surface area (Å²) in [5.74, 6) is -0.189.